The van der Waals surface area contributed by atoms with Crippen LogP contribution in [0.3, 0.4) is 0 Å². The van der Waals surface area contributed by atoms with Gasteiger partial charge in [0.25, 0.3) is 0 Å². The van der Waals surface area contributed by atoms with Gasteiger partial charge in [0.15, 0.2) is 0 Å². The van der Waals surface area contributed by atoms with Gasteiger partial charge in [-0.25, -0.2) is 0 Å². The van der Waals surface area contributed by atoms with Crippen molar-refractivity contribution in [3.05, 3.63) is 0 Å². The van der Waals surface area contributed by atoms with Crippen LogP contribution in [-0.4, -0.2) is 49.6 Å². The molecule has 76 valence electrons. The predicted octanol–water partition coefficient (Wildman–Crippen LogP) is -0.584. The molecule has 0 spiro atoms. The molecule has 2 N–H and O–H groups in total. The molecule has 1 rings (SSSR count). The van der Waals surface area contributed by atoms with Crippen LogP contribution in [0.1, 0.15) is 13.8 Å². The number of rotatable bonds is 3. The molecule has 0 aromatic rings. The van der Waals surface area contributed by atoms with Gasteiger partial charge in [-0.2, -0.15) is 0 Å². The lowest BCUT2D eigenvalue weighted by Crippen LogP contribution is -2.51. The third-order valence-electron chi connectivity index (χ3n) is 2.41. The Balaban J connectivity index is 2.15. The van der Waals surface area contributed by atoms with Crippen molar-refractivity contribution in [2.24, 2.45) is 0 Å². The predicted molar refractivity (Wildman–Crippen MR) is 52.6 cm³/mol. The van der Waals surface area contributed by atoms with Crippen molar-refractivity contribution >= 4 is 5.91 Å². The van der Waals surface area contributed by atoms with E-state index in [1.807, 2.05) is 0 Å². The molecule has 0 bridgehead atoms. The molecule has 1 amide bonds. The maximum atomic E-state index is 10.6. The highest BCUT2D eigenvalue weighted by Gasteiger charge is 2.16. The van der Waals surface area contributed by atoms with E-state index in [9.17, 15) is 4.79 Å². The molecule has 0 saturated carbocycles. The molecule has 1 aliphatic rings. The van der Waals surface area contributed by atoms with Gasteiger partial charge in [-0.15, -0.1) is 0 Å². The molecule has 0 unspecified atom stereocenters. The minimum Gasteiger partial charge on any atom is -0.355 e. The van der Waals surface area contributed by atoms with Gasteiger partial charge in [0.2, 0.25) is 5.91 Å². The summed E-state index contributed by atoms with van der Waals surface area (Å²) < 4.78 is 0. The first kappa shape index (κ1) is 10.5. The van der Waals surface area contributed by atoms with Crippen LogP contribution in [0.4, 0.5) is 0 Å². The first-order valence-electron chi connectivity index (χ1n) is 4.89. The lowest BCUT2D eigenvalue weighted by Gasteiger charge is -2.33. The van der Waals surface area contributed by atoms with Crippen LogP contribution in [0.5, 0.6) is 0 Å². The van der Waals surface area contributed by atoms with Gasteiger partial charge in [0.1, 0.15) is 0 Å². The van der Waals surface area contributed by atoms with Crippen molar-refractivity contribution < 1.29 is 4.79 Å². The number of hydrogen-bond acceptors (Lipinski definition) is 3. The van der Waals surface area contributed by atoms with Crippen molar-refractivity contribution in [3.8, 4) is 0 Å². The third-order valence-corrected chi connectivity index (χ3v) is 2.41. The summed E-state index contributed by atoms with van der Waals surface area (Å²) in [6.07, 6.45) is 0. The number of piperazine rings is 1. The van der Waals surface area contributed by atoms with Crippen LogP contribution in [0.25, 0.3) is 0 Å². The van der Waals surface area contributed by atoms with Crippen molar-refractivity contribution in [2.75, 3.05) is 32.7 Å². The smallest absolute Gasteiger partial charge is 0.216 e. The molecule has 1 atom stereocenters. The summed E-state index contributed by atoms with van der Waals surface area (Å²) in [6, 6.07) is 0.586. The maximum Gasteiger partial charge on any atom is 0.216 e. The molecule has 13 heavy (non-hydrogen) atoms. The van der Waals surface area contributed by atoms with E-state index in [0.29, 0.717) is 6.04 Å². The Hall–Kier alpha value is -0.610. The van der Waals surface area contributed by atoms with Gasteiger partial charge in [-0.05, 0) is 6.92 Å². The molecule has 1 fully saturated rings. The van der Waals surface area contributed by atoms with Gasteiger partial charge in [-0.3, -0.25) is 9.69 Å². The van der Waals surface area contributed by atoms with E-state index in [2.05, 4.69) is 22.5 Å². The Kier molecular flexibility index (Phi) is 4.18. The van der Waals surface area contributed by atoms with Gasteiger partial charge < -0.3 is 10.6 Å². The minimum atomic E-state index is 0.0581. The summed E-state index contributed by atoms with van der Waals surface area (Å²) >= 11 is 0. The molecule has 4 heteroatoms. The quantitative estimate of drug-likeness (QED) is 0.618. The van der Waals surface area contributed by atoms with E-state index in [1.165, 1.54) is 0 Å². The fourth-order valence-corrected chi connectivity index (χ4v) is 1.59. The van der Waals surface area contributed by atoms with Crippen LogP contribution < -0.4 is 10.6 Å². The Morgan fingerprint density at radius 1 is 1.69 bits per heavy atom. The lowest BCUT2D eigenvalue weighted by molar-refractivity contribution is -0.119. The van der Waals surface area contributed by atoms with Gasteiger partial charge in [-0.1, -0.05) is 0 Å². The van der Waals surface area contributed by atoms with Crippen LogP contribution in [0.15, 0.2) is 0 Å². The van der Waals surface area contributed by atoms with E-state index < -0.39 is 0 Å². The van der Waals surface area contributed by atoms with Crippen molar-refractivity contribution in [1.82, 2.24) is 15.5 Å². The van der Waals surface area contributed by atoms with E-state index in [1.54, 1.807) is 6.92 Å². The fraction of sp³-hybridized carbons (Fsp3) is 0.889. The zero-order valence-corrected chi connectivity index (χ0v) is 8.47. The van der Waals surface area contributed by atoms with E-state index in [0.717, 1.165) is 32.7 Å². The summed E-state index contributed by atoms with van der Waals surface area (Å²) in [4.78, 5) is 13.0. The Morgan fingerprint density at radius 3 is 3.08 bits per heavy atom. The second-order valence-electron chi connectivity index (χ2n) is 3.57. The zero-order valence-electron chi connectivity index (χ0n) is 8.47. The highest BCUT2D eigenvalue weighted by Crippen LogP contribution is 2.00. The molecule has 1 aliphatic heterocycles. The molecule has 1 saturated heterocycles. The normalized spacial score (nSPS) is 24.3. The molecular weight excluding hydrogens is 166 g/mol. The zero-order chi connectivity index (χ0) is 9.68. The summed E-state index contributed by atoms with van der Waals surface area (Å²) in [5, 5.41) is 6.15. The van der Waals surface area contributed by atoms with Gasteiger partial charge >= 0.3 is 0 Å². The SMILES string of the molecule is CC(=O)NCCN1CCNC[C@@H]1C. The largest absolute Gasteiger partial charge is 0.355 e. The lowest BCUT2D eigenvalue weighted by atomic mass is 10.2. The second kappa shape index (κ2) is 5.19. The molecule has 0 aliphatic carbocycles. The number of nitrogens with one attached hydrogen (secondary N) is 2. The average molecular weight is 185 g/mol. The number of carbonyl (C=O) groups excluding carboxylic acids is 1. The van der Waals surface area contributed by atoms with E-state index >= 15 is 0 Å². The van der Waals surface area contributed by atoms with Crippen LogP contribution in [0.2, 0.25) is 0 Å². The standard InChI is InChI=1S/C9H19N3O/c1-8-7-10-3-5-12(8)6-4-11-9(2)13/h8,10H,3-7H2,1-2H3,(H,11,13)/t8-/m0/s1. The number of nitrogens with zero attached hydrogens (tertiary/aromatic N) is 1. The first-order valence-corrected chi connectivity index (χ1v) is 4.89. The molecule has 0 radical (unpaired) electrons. The molecule has 0 aromatic heterocycles. The maximum absolute atomic E-state index is 10.6. The topological polar surface area (TPSA) is 44.4 Å². The van der Waals surface area contributed by atoms with E-state index in [4.69, 9.17) is 0 Å². The molecule has 0 aromatic carbocycles. The van der Waals surface area contributed by atoms with Gasteiger partial charge in [0.05, 0.1) is 0 Å². The van der Waals surface area contributed by atoms with Crippen LogP contribution >= 0.6 is 0 Å². The van der Waals surface area contributed by atoms with Crippen LogP contribution in [0, 0.1) is 0 Å². The number of carbonyl (C=O) groups is 1. The summed E-state index contributed by atoms with van der Waals surface area (Å²) in [7, 11) is 0. The van der Waals surface area contributed by atoms with E-state index in [-0.39, 0.29) is 5.91 Å². The Bertz CT molecular complexity index is 172. The highest BCUT2D eigenvalue weighted by molar-refractivity contribution is 5.72. The third kappa shape index (κ3) is 3.74. The van der Waals surface area contributed by atoms with Crippen molar-refractivity contribution in [3.63, 3.8) is 0 Å². The second-order valence-corrected chi connectivity index (χ2v) is 3.57. The summed E-state index contributed by atoms with van der Waals surface area (Å²) in [6.45, 7) is 8.69. The van der Waals surface area contributed by atoms with Crippen LogP contribution in [-0.2, 0) is 4.79 Å². The Morgan fingerprint density at radius 2 is 2.46 bits per heavy atom. The highest BCUT2D eigenvalue weighted by atomic mass is 16.1. The number of hydrogen-bond donors (Lipinski definition) is 2. The monoisotopic (exact) mass is 185 g/mol. The van der Waals surface area contributed by atoms with Gasteiger partial charge in [0, 0.05) is 45.7 Å². The van der Waals surface area contributed by atoms with Crippen molar-refractivity contribution in [2.45, 2.75) is 19.9 Å². The molecule has 1 heterocycles. The summed E-state index contributed by atoms with van der Waals surface area (Å²) in [5.41, 5.74) is 0. The Labute approximate surface area is 79.7 Å². The molecule has 4 nitrogen and oxygen atoms in total. The van der Waals surface area contributed by atoms with Crippen molar-refractivity contribution in [1.29, 1.82) is 0 Å². The first-order chi connectivity index (χ1) is 6.20. The number of amides is 1. The fourth-order valence-electron chi connectivity index (χ4n) is 1.59. The minimum absolute atomic E-state index is 0.0581. The molecular formula is C9H19N3O. The summed E-state index contributed by atoms with van der Waals surface area (Å²) in [5.74, 6) is 0.0581. The average Bonchev–Trinajstić information content (AvgIpc) is 2.08.